The van der Waals surface area contributed by atoms with Crippen molar-refractivity contribution in [3.05, 3.63) is 0 Å². The van der Waals surface area contributed by atoms with Crippen molar-refractivity contribution in [2.75, 3.05) is 73.0 Å². The van der Waals surface area contributed by atoms with Crippen LogP contribution in [0.25, 0.3) is 0 Å². The molecule has 13 nitrogen and oxygen atoms in total. The van der Waals surface area contributed by atoms with Gasteiger partial charge in [-0.1, -0.05) is 0 Å². The number of nitrogens with zero attached hydrogens (tertiary/aromatic N) is 3. The number of likely N-dealkylation sites (N-methyl/N-ethyl adjacent to an activating group) is 2. The summed E-state index contributed by atoms with van der Waals surface area (Å²) in [6.07, 6.45) is 0. The first-order valence-corrected chi connectivity index (χ1v) is 8.81. The van der Waals surface area contributed by atoms with Crippen LogP contribution in [0.5, 0.6) is 0 Å². The molecule has 5 N–H and O–H groups in total. The molecule has 0 aromatic carbocycles. The zero-order valence-electron chi connectivity index (χ0n) is 18.1. The molecule has 0 radical (unpaired) electrons. The van der Waals surface area contributed by atoms with Crippen molar-refractivity contribution in [2.24, 2.45) is 0 Å². The molecular formula is C16H29Cl3GdN5O8-3. The van der Waals surface area contributed by atoms with Crippen LogP contribution in [-0.4, -0.2) is 133 Å². The summed E-state index contributed by atoms with van der Waals surface area (Å²) >= 11 is 0. The number of aliphatic carboxylic acids is 3. The molecule has 0 saturated heterocycles. The SMILES string of the molecule is CNC(=O)CN(CCN(CCN(CC(=O)O)CC(=O)NC)CC(=O)O)CC(=O)O.[Cl-].[Cl-].[Cl-].[Gd]. The molecule has 0 heterocycles. The predicted molar refractivity (Wildman–Crippen MR) is 100 cm³/mol. The summed E-state index contributed by atoms with van der Waals surface area (Å²) in [4.78, 5) is 60.3. The molecule has 0 aromatic heterocycles. The van der Waals surface area contributed by atoms with Crippen molar-refractivity contribution >= 4 is 29.7 Å². The van der Waals surface area contributed by atoms with Crippen LogP contribution in [0.15, 0.2) is 0 Å². The number of rotatable bonds is 16. The second kappa shape index (κ2) is 24.5. The molecule has 33 heavy (non-hydrogen) atoms. The molecule has 2 amide bonds. The van der Waals surface area contributed by atoms with Gasteiger partial charge in [-0.15, -0.1) is 0 Å². The molecule has 0 aliphatic rings. The molecule has 17 heteroatoms. The maximum atomic E-state index is 11.5. The Kier molecular flexibility index (Phi) is 31.7. The number of carboxylic acid groups (broad SMARTS) is 3. The van der Waals surface area contributed by atoms with E-state index in [0.717, 1.165) is 0 Å². The Balaban J connectivity index is -0.000000653. The molecule has 198 valence electrons. The van der Waals surface area contributed by atoms with Crippen molar-refractivity contribution < 1.29 is 116 Å². The number of carboxylic acids is 3. The predicted octanol–water partition coefficient (Wildman–Crippen LogP) is -12.3. The molecule has 0 bridgehead atoms. The van der Waals surface area contributed by atoms with Crippen molar-refractivity contribution in [3.63, 3.8) is 0 Å². The Morgan fingerprint density at radius 1 is 0.545 bits per heavy atom. The maximum Gasteiger partial charge on any atom is 0.317 e. The standard InChI is InChI=1S/C16H29N5O8.3ClH.Gd/c1-17-12(22)7-20(10-15(26)27)5-3-19(9-14(24)25)4-6-21(11-16(28)29)8-13(23)18-2;;;;/h3-11H2,1-2H3,(H,17,22)(H,18,23)(H,24,25)(H,26,27)(H,28,29);3*1H;/p-3. The van der Waals surface area contributed by atoms with Gasteiger partial charge in [0.2, 0.25) is 11.8 Å². The zero-order valence-corrected chi connectivity index (χ0v) is 22.6. The maximum absolute atomic E-state index is 11.5. The van der Waals surface area contributed by atoms with Gasteiger partial charge in [0.1, 0.15) is 0 Å². The Bertz CT molecular complexity index is 564. The smallest absolute Gasteiger partial charge is 0.317 e. The third-order valence-corrected chi connectivity index (χ3v) is 3.83. The number of hydrogen-bond acceptors (Lipinski definition) is 8. The van der Waals surface area contributed by atoms with Crippen LogP contribution in [0.3, 0.4) is 0 Å². The van der Waals surface area contributed by atoms with Crippen LogP contribution < -0.4 is 47.9 Å². The monoisotopic (exact) mass is 682 g/mol. The minimum Gasteiger partial charge on any atom is -1.00 e. The van der Waals surface area contributed by atoms with Crippen LogP contribution in [0.1, 0.15) is 0 Å². The van der Waals surface area contributed by atoms with E-state index in [9.17, 15) is 24.0 Å². The van der Waals surface area contributed by atoms with E-state index in [0.29, 0.717) is 0 Å². The summed E-state index contributed by atoms with van der Waals surface area (Å²) in [7, 11) is 2.84. The Morgan fingerprint density at radius 2 is 0.788 bits per heavy atom. The molecule has 0 atom stereocenters. The zero-order chi connectivity index (χ0) is 22.4. The molecule has 0 fully saturated rings. The summed E-state index contributed by atoms with van der Waals surface area (Å²) in [5, 5.41) is 31.8. The van der Waals surface area contributed by atoms with Gasteiger partial charge in [0, 0.05) is 80.2 Å². The van der Waals surface area contributed by atoms with E-state index >= 15 is 0 Å². The second-order valence-corrected chi connectivity index (χ2v) is 6.23. The summed E-state index contributed by atoms with van der Waals surface area (Å²) < 4.78 is 0. The van der Waals surface area contributed by atoms with E-state index in [1.165, 1.54) is 28.8 Å². The average Bonchev–Trinajstić information content (AvgIpc) is 2.61. The van der Waals surface area contributed by atoms with Crippen molar-refractivity contribution in [1.29, 1.82) is 0 Å². The van der Waals surface area contributed by atoms with Crippen LogP contribution in [0.2, 0.25) is 0 Å². The van der Waals surface area contributed by atoms with E-state index in [-0.39, 0.29) is 135 Å². The number of nitrogens with one attached hydrogen (secondary N) is 2. The quantitative estimate of drug-likeness (QED) is 0.104. The molecule has 0 rings (SSSR count). The van der Waals surface area contributed by atoms with Gasteiger partial charge in [-0.2, -0.15) is 0 Å². The van der Waals surface area contributed by atoms with Gasteiger partial charge in [-0.3, -0.25) is 38.7 Å². The van der Waals surface area contributed by atoms with Crippen LogP contribution >= 0.6 is 0 Å². The Labute approximate surface area is 242 Å². The average molecular weight is 683 g/mol. The van der Waals surface area contributed by atoms with E-state index in [1.807, 2.05) is 0 Å². The van der Waals surface area contributed by atoms with Gasteiger partial charge in [0.05, 0.1) is 32.7 Å². The van der Waals surface area contributed by atoms with E-state index in [1.54, 1.807) is 0 Å². The minimum atomic E-state index is -1.13. The Morgan fingerprint density at radius 3 is 1.03 bits per heavy atom. The molecular weight excluding hydrogens is 654 g/mol. The van der Waals surface area contributed by atoms with Gasteiger partial charge >= 0.3 is 17.9 Å². The fourth-order valence-electron chi connectivity index (χ4n) is 2.40. The van der Waals surface area contributed by atoms with Crippen LogP contribution in [0, 0.1) is 39.9 Å². The van der Waals surface area contributed by atoms with Crippen molar-refractivity contribution in [2.45, 2.75) is 0 Å². The third kappa shape index (κ3) is 24.4. The fourth-order valence-corrected chi connectivity index (χ4v) is 2.40. The number of hydrogen-bond donors (Lipinski definition) is 5. The molecule has 0 spiro atoms. The summed E-state index contributed by atoms with van der Waals surface area (Å²) in [5.41, 5.74) is 0. The second-order valence-electron chi connectivity index (χ2n) is 6.23. The first-order valence-electron chi connectivity index (χ1n) is 8.81. The molecule has 0 aliphatic carbocycles. The molecule has 0 unspecified atom stereocenters. The number of halogens is 3. The topological polar surface area (TPSA) is 180 Å². The number of carbonyl (C=O) groups is 5. The van der Waals surface area contributed by atoms with E-state index < -0.39 is 31.0 Å². The van der Waals surface area contributed by atoms with Gasteiger partial charge < -0.3 is 63.2 Å². The van der Waals surface area contributed by atoms with Gasteiger partial charge in [0.25, 0.3) is 0 Å². The largest absolute Gasteiger partial charge is 1.00 e. The number of amides is 2. The van der Waals surface area contributed by atoms with E-state index in [2.05, 4.69) is 10.6 Å². The summed E-state index contributed by atoms with van der Waals surface area (Å²) in [6, 6.07) is 0. The molecule has 0 saturated carbocycles. The first-order chi connectivity index (χ1) is 13.6. The van der Waals surface area contributed by atoms with E-state index in [4.69, 9.17) is 15.3 Å². The normalized spacial score (nSPS) is 9.61. The number of carbonyl (C=O) groups excluding carboxylic acids is 2. The first kappa shape index (κ1) is 42.6. The van der Waals surface area contributed by atoms with Crippen molar-refractivity contribution in [1.82, 2.24) is 25.3 Å². The van der Waals surface area contributed by atoms with Crippen LogP contribution in [-0.2, 0) is 24.0 Å². The van der Waals surface area contributed by atoms with Crippen LogP contribution in [0.4, 0.5) is 0 Å². The van der Waals surface area contributed by atoms with Gasteiger partial charge in [-0.25, -0.2) is 0 Å². The molecule has 0 aliphatic heterocycles. The van der Waals surface area contributed by atoms with Gasteiger partial charge in [0.15, 0.2) is 0 Å². The summed E-state index contributed by atoms with van der Waals surface area (Å²) in [6.45, 7) is -0.969. The minimum absolute atomic E-state index is 0. The third-order valence-electron chi connectivity index (χ3n) is 3.83. The summed E-state index contributed by atoms with van der Waals surface area (Å²) in [5.74, 6) is -4.13. The molecule has 0 aromatic rings. The van der Waals surface area contributed by atoms with Crippen molar-refractivity contribution in [3.8, 4) is 0 Å². The fraction of sp³-hybridized carbons (Fsp3) is 0.688. The Hall–Kier alpha value is -0.575. The van der Waals surface area contributed by atoms with Gasteiger partial charge in [-0.05, 0) is 0 Å².